The molecule has 8 nitrogen and oxygen atoms in total. The van der Waals surface area contributed by atoms with Gasteiger partial charge in [-0.25, -0.2) is 9.78 Å². The molecule has 4 aromatic rings. The number of nitrogens with one attached hydrogen (secondary N) is 1. The van der Waals surface area contributed by atoms with Crippen molar-refractivity contribution in [3.8, 4) is 5.75 Å². The molecular formula is C21H20ClN5O3. The maximum Gasteiger partial charge on any atom is 0.351 e. The number of carbonyl (C=O) groups is 1. The zero-order chi connectivity index (χ0) is 21.3. The fraction of sp³-hybridized carbons (Fsp3) is 0.238. The first-order valence-electron chi connectivity index (χ1n) is 9.52. The molecule has 2 heterocycles. The monoisotopic (exact) mass is 425 g/mol. The Morgan fingerprint density at radius 2 is 2.03 bits per heavy atom. The predicted octanol–water partition coefficient (Wildman–Crippen LogP) is 3.30. The Balaban J connectivity index is 1.72. The summed E-state index contributed by atoms with van der Waals surface area (Å²) < 4.78 is 7.78. The Morgan fingerprint density at radius 3 is 2.77 bits per heavy atom. The molecule has 0 atom stereocenters. The molecule has 2 aromatic carbocycles. The summed E-state index contributed by atoms with van der Waals surface area (Å²) in [6, 6.07) is 12.3. The van der Waals surface area contributed by atoms with E-state index in [9.17, 15) is 9.59 Å². The molecule has 4 rings (SSSR count). The van der Waals surface area contributed by atoms with E-state index in [0.717, 1.165) is 11.8 Å². The van der Waals surface area contributed by atoms with Crippen LogP contribution < -0.4 is 15.7 Å². The van der Waals surface area contributed by atoms with Gasteiger partial charge in [0, 0.05) is 17.5 Å². The summed E-state index contributed by atoms with van der Waals surface area (Å²) in [6.07, 6.45) is 1.55. The van der Waals surface area contributed by atoms with Gasteiger partial charge in [-0.1, -0.05) is 30.7 Å². The number of nitrogens with zero attached hydrogens (tertiary/aromatic N) is 4. The molecule has 1 amide bonds. The first kappa shape index (κ1) is 19.9. The van der Waals surface area contributed by atoms with Crippen LogP contribution in [0.4, 0.5) is 5.69 Å². The van der Waals surface area contributed by atoms with Crippen molar-refractivity contribution in [2.75, 3.05) is 12.4 Å². The van der Waals surface area contributed by atoms with Crippen LogP contribution in [0.15, 0.2) is 47.3 Å². The van der Waals surface area contributed by atoms with Crippen LogP contribution in [0.1, 0.15) is 19.2 Å². The van der Waals surface area contributed by atoms with Crippen LogP contribution >= 0.6 is 11.6 Å². The van der Waals surface area contributed by atoms with Gasteiger partial charge in [-0.2, -0.15) is 4.52 Å². The van der Waals surface area contributed by atoms with Gasteiger partial charge in [-0.05, 0) is 36.8 Å². The maximum absolute atomic E-state index is 13.1. The lowest BCUT2D eigenvalue weighted by Crippen LogP contribution is -2.32. The molecular weight excluding hydrogens is 406 g/mol. The van der Waals surface area contributed by atoms with Gasteiger partial charge >= 0.3 is 5.69 Å². The number of halogens is 1. The Labute approximate surface area is 177 Å². The third kappa shape index (κ3) is 3.61. The number of anilines is 1. The number of carbonyl (C=O) groups excluding carboxylic acids is 1. The quantitative estimate of drug-likeness (QED) is 0.512. The Kier molecular flexibility index (Phi) is 5.41. The number of ether oxygens (including phenoxy) is 1. The number of benzene rings is 2. The van der Waals surface area contributed by atoms with Crippen molar-refractivity contribution in [1.82, 2.24) is 19.2 Å². The molecule has 0 saturated carbocycles. The lowest BCUT2D eigenvalue weighted by atomic mass is 10.2. The number of amides is 1. The van der Waals surface area contributed by atoms with Gasteiger partial charge in [0.1, 0.15) is 12.3 Å². The molecule has 0 aliphatic heterocycles. The molecule has 9 heteroatoms. The van der Waals surface area contributed by atoms with E-state index >= 15 is 0 Å². The molecule has 1 N–H and O–H groups in total. The number of hydrogen-bond donors (Lipinski definition) is 1. The lowest BCUT2D eigenvalue weighted by molar-refractivity contribution is -0.116. The first-order valence-corrected chi connectivity index (χ1v) is 9.90. The van der Waals surface area contributed by atoms with Crippen LogP contribution in [0.2, 0.25) is 5.02 Å². The van der Waals surface area contributed by atoms with Crippen LogP contribution in [0, 0.1) is 0 Å². The van der Waals surface area contributed by atoms with Gasteiger partial charge < -0.3 is 10.1 Å². The molecule has 0 unspecified atom stereocenters. The highest BCUT2D eigenvalue weighted by atomic mass is 35.5. The molecule has 0 aliphatic rings. The molecule has 154 valence electrons. The molecule has 0 saturated heterocycles. The van der Waals surface area contributed by atoms with Crippen molar-refractivity contribution in [2.24, 2.45) is 0 Å². The van der Waals surface area contributed by atoms with E-state index in [-0.39, 0.29) is 12.5 Å². The fourth-order valence-electron chi connectivity index (χ4n) is 3.35. The van der Waals surface area contributed by atoms with Gasteiger partial charge in [0.05, 0.1) is 17.6 Å². The summed E-state index contributed by atoms with van der Waals surface area (Å²) in [4.78, 5) is 30.3. The normalized spacial score (nSPS) is 11.2. The van der Waals surface area contributed by atoms with Gasteiger partial charge in [-0.3, -0.25) is 9.36 Å². The zero-order valence-electron chi connectivity index (χ0n) is 16.6. The minimum absolute atomic E-state index is 0.179. The second kappa shape index (κ2) is 8.16. The maximum atomic E-state index is 13.1. The molecule has 0 spiro atoms. The van der Waals surface area contributed by atoms with E-state index in [1.165, 1.54) is 16.2 Å². The van der Waals surface area contributed by atoms with Crippen LogP contribution in [0.25, 0.3) is 16.6 Å². The third-order valence-corrected chi connectivity index (χ3v) is 5.01. The molecule has 0 aliphatic carbocycles. The van der Waals surface area contributed by atoms with Crippen LogP contribution in [-0.4, -0.2) is 32.2 Å². The van der Waals surface area contributed by atoms with E-state index in [0.29, 0.717) is 39.9 Å². The number of fused-ring (bicyclic) bond motifs is 3. The van der Waals surface area contributed by atoms with Crippen molar-refractivity contribution in [1.29, 1.82) is 0 Å². The topological polar surface area (TPSA) is 90.5 Å². The van der Waals surface area contributed by atoms with Crippen molar-refractivity contribution in [3.05, 3.63) is 63.8 Å². The summed E-state index contributed by atoms with van der Waals surface area (Å²) in [5, 5.41) is 8.24. The molecule has 0 radical (unpaired) electrons. The minimum Gasteiger partial charge on any atom is -0.495 e. The highest BCUT2D eigenvalue weighted by Gasteiger charge is 2.16. The van der Waals surface area contributed by atoms with Gasteiger partial charge in [0.25, 0.3) is 0 Å². The average molecular weight is 426 g/mol. The SMILES string of the molecule is CCCc1nc2c3ccccc3n(CC(=O)Nc3ccc(OC)c(Cl)c3)c(=O)n2n1. The van der Waals surface area contributed by atoms with Crippen molar-refractivity contribution in [2.45, 2.75) is 26.3 Å². The Bertz CT molecular complexity index is 1310. The number of methoxy groups -OCH3 is 1. The van der Waals surface area contributed by atoms with E-state index < -0.39 is 5.69 Å². The van der Waals surface area contributed by atoms with Crippen molar-refractivity contribution in [3.63, 3.8) is 0 Å². The lowest BCUT2D eigenvalue weighted by Gasteiger charge is -2.12. The van der Waals surface area contributed by atoms with Crippen molar-refractivity contribution >= 4 is 39.7 Å². The fourth-order valence-corrected chi connectivity index (χ4v) is 3.61. The third-order valence-electron chi connectivity index (χ3n) is 4.71. The van der Waals surface area contributed by atoms with Gasteiger partial charge in [0.2, 0.25) is 5.91 Å². The summed E-state index contributed by atoms with van der Waals surface area (Å²) in [6.45, 7) is 1.85. The van der Waals surface area contributed by atoms with Gasteiger partial charge in [-0.15, -0.1) is 5.10 Å². The van der Waals surface area contributed by atoms with Crippen LogP contribution in [-0.2, 0) is 17.8 Å². The van der Waals surface area contributed by atoms with E-state index in [4.69, 9.17) is 16.3 Å². The second-order valence-corrected chi connectivity index (χ2v) is 7.20. The van der Waals surface area contributed by atoms with E-state index in [1.54, 1.807) is 24.3 Å². The largest absolute Gasteiger partial charge is 0.495 e. The molecule has 30 heavy (non-hydrogen) atoms. The standard InChI is InChI=1S/C21H20ClN5O3/c1-3-6-18-24-20-14-7-4-5-8-16(14)26(21(29)27(20)25-18)12-19(28)23-13-9-10-17(30-2)15(22)11-13/h4-5,7-11H,3,6,12H2,1-2H3,(H,23,28). The summed E-state index contributed by atoms with van der Waals surface area (Å²) in [5.74, 6) is 0.753. The van der Waals surface area contributed by atoms with Crippen LogP contribution in [0.5, 0.6) is 5.75 Å². The zero-order valence-corrected chi connectivity index (χ0v) is 17.3. The predicted molar refractivity (Wildman–Crippen MR) is 115 cm³/mol. The minimum atomic E-state index is -0.415. The highest BCUT2D eigenvalue weighted by Crippen LogP contribution is 2.27. The molecule has 0 fully saturated rings. The molecule has 2 aromatic heterocycles. The number of hydrogen-bond acceptors (Lipinski definition) is 5. The first-order chi connectivity index (χ1) is 14.5. The summed E-state index contributed by atoms with van der Waals surface area (Å²) in [5.41, 5.74) is 1.21. The van der Waals surface area contributed by atoms with Crippen LogP contribution in [0.3, 0.4) is 0 Å². The number of aryl methyl sites for hydroxylation is 1. The summed E-state index contributed by atoms with van der Waals surface area (Å²) in [7, 11) is 1.52. The summed E-state index contributed by atoms with van der Waals surface area (Å²) >= 11 is 6.12. The number of aromatic nitrogens is 4. The second-order valence-electron chi connectivity index (χ2n) is 6.80. The smallest absolute Gasteiger partial charge is 0.351 e. The highest BCUT2D eigenvalue weighted by molar-refractivity contribution is 6.32. The Morgan fingerprint density at radius 1 is 1.23 bits per heavy atom. The van der Waals surface area contributed by atoms with Gasteiger partial charge in [0.15, 0.2) is 11.5 Å². The average Bonchev–Trinajstić information content (AvgIpc) is 3.16. The Hall–Kier alpha value is -3.39. The number of para-hydroxylation sites is 1. The number of rotatable bonds is 6. The van der Waals surface area contributed by atoms with E-state index in [2.05, 4.69) is 15.4 Å². The van der Waals surface area contributed by atoms with E-state index in [1.807, 2.05) is 25.1 Å². The van der Waals surface area contributed by atoms with Crippen molar-refractivity contribution < 1.29 is 9.53 Å². The molecule has 0 bridgehead atoms.